The number of aliphatic imine (C=N–C) groups is 1. The molecule has 25 heavy (non-hydrogen) atoms. The Labute approximate surface area is 168 Å². The van der Waals surface area contributed by atoms with Gasteiger partial charge >= 0.3 is 0 Å². The van der Waals surface area contributed by atoms with Crippen LogP contribution in [-0.2, 0) is 18.4 Å². The van der Waals surface area contributed by atoms with Crippen molar-refractivity contribution in [2.75, 3.05) is 27.2 Å². The summed E-state index contributed by atoms with van der Waals surface area (Å²) < 4.78 is 2.02. The Hall–Kier alpha value is -1.25. The van der Waals surface area contributed by atoms with Crippen molar-refractivity contribution in [2.24, 2.45) is 17.5 Å². The zero-order valence-electron chi connectivity index (χ0n) is 15.8. The molecule has 7 heteroatoms. The van der Waals surface area contributed by atoms with Crippen LogP contribution in [0.4, 0.5) is 0 Å². The summed E-state index contributed by atoms with van der Waals surface area (Å²) in [5.41, 5.74) is 0.890. The lowest BCUT2D eigenvalue weighted by Gasteiger charge is -2.31. The van der Waals surface area contributed by atoms with E-state index in [2.05, 4.69) is 34.8 Å². The molecule has 1 fully saturated rings. The first-order valence-corrected chi connectivity index (χ1v) is 8.81. The smallest absolute Gasteiger partial charge is 0.230 e. The van der Waals surface area contributed by atoms with Gasteiger partial charge in [0, 0.05) is 46.6 Å². The molecule has 2 rings (SSSR count). The molecule has 1 aliphatic rings. The molecule has 1 aromatic rings. The standard InChI is InChI=1S/C18H31N5O.HI/c1-5-19-17(20-12-15-8-11-23(4)13-15)21-14-18(9-6-7-10-18)16(24)22(2)3;/h8,11,13H,5-7,9-10,12,14H2,1-4H3,(H2,19,20,21);1H. The highest BCUT2D eigenvalue weighted by molar-refractivity contribution is 14.0. The molecule has 0 saturated heterocycles. The second kappa shape index (κ2) is 10.0. The monoisotopic (exact) mass is 461 g/mol. The van der Waals surface area contributed by atoms with Crippen LogP contribution in [-0.4, -0.2) is 48.5 Å². The Morgan fingerprint density at radius 2 is 2.00 bits per heavy atom. The molecule has 0 aliphatic heterocycles. The molecule has 1 heterocycles. The van der Waals surface area contributed by atoms with Crippen LogP contribution in [0.5, 0.6) is 0 Å². The van der Waals surface area contributed by atoms with E-state index in [1.54, 1.807) is 4.90 Å². The zero-order chi connectivity index (χ0) is 17.6. The minimum Gasteiger partial charge on any atom is -0.357 e. The molecule has 1 amide bonds. The molecule has 0 atom stereocenters. The molecular formula is C18H32IN5O. The molecule has 0 spiro atoms. The molecule has 1 aromatic heterocycles. The topological polar surface area (TPSA) is 61.7 Å². The number of guanidine groups is 1. The maximum absolute atomic E-state index is 12.6. The summed E-state index contributed by atoms with van der Waals surface area (Å²) in [5, 5.41) is 6.68. The Balaban J connectivity index is 0.00000312. The van der Waals surface area contributed by atoms with E-state index in [1.165, 1.54) is 5.56 Å². The molecule has 142 valence electrons. The molecule has 0 bridgehead atoms. The lowest BCUT2D eigenvalue weighted by molar-refractivity contribution is -0.138. The fourth-order valence-corrected chi connectivity index (χ4v) is 3.41. The van der Waals surface area contributed by atoms with Crippen molar-refractivity contribution >= 4 is 35.8 Å². The van der Waals surface area contributed by atoms with Gasteiger partial charge in [-0.1, -0.05) is 12.8 Å². The van der Waals surface area contributed by atoms with Gasteiger partial charge in [0.05, 0.1) is 12.0 Å². The van der Waals surface area contributed by atoms with Gasteiger partial charge in [0.25, 0.3) is 0 Å². The third-order valence-corrected chi connectivity index (χ3v) is 4.67. The lowest BCUT2D eigenvalue weighted by Crippen LogP contribution is -2.49. The first-order chi connectivity index (χ1) is 11.5. The van der Waals surface area contributed by atoms with Gasteiger partial charge in [-0.3, -0.25) is 4.79 Å². The summed E-state index contributed by atoms with van der Waals surface area (Å²) in [4.78, 5) is 19.0. The third kappa shape index (κ3) is 5.90. The van der Waals surface area contributed by atoms with Crippen molar-refractivity contribution < 1.29 is 4.79 Å². The van der Waals surface area contributed by atoms with Gasteiger partial charge in [-0.05, 0) is 31.4 Å². The van der Waals surface area contributed by atoms with Crippen molar-refractivity contribution in [3.63, 3.8) is 0 Å². The molecule has 2 N–H and O–H groups in total. The maximum Gasteiger partial charge on any atom is 0.230 e. The summed E-state index contributed by atoms with van der Waals surface area (Å²) in [6.45, 7) is 4.13. The third-order valence-electron chi connectivity index (χ3n) is 4.67. The van der Waals surface area contributed by atoms with Gasteiger partial charge in [0.1, 0.15) is 0 Å². The van der Waals surface area contributed by atoms with E-state index in [4.69, 9.17) is 0 Å². The van der Waals surface area contributed by atoms with Crippen molar-refractivity contribution in [1.82, 2.24) is 20.1 Å². The van der Waals surface area contributed by atoms with Gasteiger partial charge in [0.2, 0.25) is 5.91 Å². The van der Waals surface area contributed by atoms with E-state index in [1.807, 2.05) is 31.9 Å². The van der Waals surface area contributed by atoms with Crippen LogP contribution in [0.25, 0.3) is 0 Å². The van der Waals surface area contributed by atoms with E-state index in [9.17, 15) is 4.79 Å². The highest BCUT2D eigenvalue weighted by Gasteiger charge is 2.42. The summed E-state index contributed by atoms with van der Waals surface area (Å²) in [7, 11) is 5.70. The normalized spacial score (nSPS) is 16.2. The number of aryl methyl sites for hydroxylation is 1. The summed E-state index contributed by atoms with van der Waals surface area (Å²) in [6.07, 6.45) is 8.25. The van der Waals surface area contributed by atoms with Crippen LogP contribution in [0.15, 0.2) is 23.5 Å². The predicted octanol–water partition coefficient (Wildman–Crippen LogP) is 2.35. The van der Waals surface area contributed by atoms with Gasteiger partial charge in [-0.15, -0.1) is 24.0 Å². The van der Waals surface area contributed by atoms with Gasteiger partial charge in [0.15, 0.2) is 5.96 Å². The molecule has 0 unspecified atom stereocenters. The van der Waals surface area contributed by atoms with Crippen molar-refractivity contribution in [3.05, 3.63) is 24.0 Å². The van der Waals surface area contributed by atoms with Crippen molar-refractivity contribution in [1.29, 1.82) is 0 Å². The lowest BCUT2D eigenvalue weighted by atomic mass is 9.84. The molecular weight excluding hydrogens is 429 g/mol. The van der Waals surface area contributed by atoms with Crippen molar-refractivity contribution in [3.8, 4) is 0 Å². The number of hydrogen-bond donors (Lipinski definition) is 2. The largest absolute Gasteiger partial charge is 0.357 e. The average molecular weight is 461 g/mol. The summed E-state index contributed by atoms with van der Waals surface area (Å²) in [6, 6.07) is 2.07. The number of aromatic nitrogens is 1. The van der Waals surface area contributed by atoms with Crippen LogP contribution < -0.4 is 10.6 Å². The highest BCUT2D eigenvalue weighted by Crippen LogP contribution is 2.38. The average Bonchev–Trinajstić information content (AvgIpc) is 3.19. The number of amides is 1. The van der Waals surface area contributed by atoms with Crippen LogP contribution in [0.1, 0.15) is 38.2 Å². The van der Waals surface area contributed by atoms with Crippen LogP contribution >= 0.6 is 24.0 Å². The van der Waals surface area contributed by atoms with E-state index < -0.39 is 0 Å². The zero-order valence-corrected chi connectivity index (χ0v) is 18.2. The number of hydrogen-bond acceptors (Lipinski definition) is 2. The van der Waals surface area contributed by atoms with Crippen LogP contribution in [0, 0.1) is 5.41 Å². The van der Waals surface area contributed by atoms with E-state index in [0.29, 0.717) is 13.1 Å². The Bertz CT molecular complexity index is 576. The second-order valence-electron chi connectivity index (χ2n) is 6.92. The van der Waals surface area contributed by atoms with E-state index in [-0.39, 0.29) is 35.3 Å². The fourth-order valence-electron chi connectivity index (χ4n) is 3.41. The predicted molar refractivity (Wildman–Crippen MR) is 113 cm³/mol. The van der Waals surface area contributed by atoms with Crippen molar-refractivity contribution in [2.45, 2.75) is 39.2 Å². The van der Waals surface area contributed by atoms with Gasteiger partial charge < -0.3 is 20.1 Å². The molecule has 1 saturated carbocycles. The number of rotatable bonds is 6. The number of halogens is 1. The molecule has 0 aromatic carbocycles. The van der Waals surface area contributed by atoms with Gasteiger partial charge in [-0.25, -0.2) is 4.99 Å². The molecule has 0 radical (unpaired) electrons. The summed E-state index contributed by atoms with van der Waals surface area (Å²) >= 11 is 0. The first-order valence-electron chi connectivity index (χ1n) is 8.81. The Morgan fingerprint density at radius 1 is 1.32 bits per heavy atom. The van der Waals surface area contributed by atoms with Gasteiger partial charge in [-0.2, -0.15) is 0 Å². The number of nitrogens with zero attached hydrogens (tertiary/aromatic N) is 3. The minimum atomic E-state index is -0.285. The SMILES string of the molecule is CCNC(=NCc1ccn(C)c1)NCC1(C(=O)N(C)C)CCCC1.I. The number of carbonyl (C=O) groups excluding carboxylic acids is 1. The van der Waals surface area contributed by atoms with Crippen LogP contribution in [0.3, 0.4) is 0 Å². The molecule has 1 aliphatic carbocycles. The Morgan fingerprint density at radius 3 is 2.52 bits per heavy atom. The quantitative estimate of drug-likeness (QED) is 0.389. The first kappa shape index (κ1) is 21.8. The maximum atomic E-state index is 12.6. The molecule has 6 nitrogen and oxygen atoms in total. The fraction of sp³-hybridized carbons (Fsp3) is 0.667. The van der Waals surface area contributed by atoms with E-state index in [0.717, 1.165) is 38.2 Å². The second-order valence-corrected chi connectivity index (χ2v) is 6.92. The van der Waals surface area contributed by atoms with E-state index >= 15 is 0 Å². The minimum absolute atomic E-state index is 0. The Kier molecular flexibility index (Phi) is 8.75. The summed E-state index contributed by atoms with van der Waals surface area (Å²) in [5.74, 6) is 1.01. The number of nitrogens with one attached hydrogen (secondary N) is 2. The van der Waals surface area contributed by atoms with Crippen LogP contribution in [0.2, 0.25) is 0 Å². The number of carbonyl (C=O) groups is 1. The highest BCUT2D eigenvalue weighted by atomic mass is 127.